The van der Waals surface area contributed by atoms with E-state index in [4.69, 9.17) is 0 Å². The van der Waals surface area contributed by atoms with Gasteiger partial charge in [0.15, 0.2) is 0 Å². The zero-order valence-corrected chi connectivity index (χ0v) is 8.71. The molecule has 0 saturated heterocycles. The predicted molar refractivity (Wildman–Crippen MR) is 51.6 cm³/mol. The molecule has 0 aromatic rings. The van der Waals surface area contributed by atoms with Crippen LogP contribution in [0.2, 0.25) is 0 Å². The minimum atomic E-state index is -0.666. The summed E-state index contributed by atoms with van der Waals surface area (Å²) in [5, 5.41) is 9.59. The first-order valence-corrected chi connectivity index (χ1v) is 4.83. The maximum atomic E-state index is 11.0. The van der Waals surface area contributed by atoms with Crippen LogP contribution in [0.5, 0.6) is 0 Å². The van der Waals surface area contributed by atoms with Crippen molar-refractivity contribution in [2.75, 3.05) is 13.6 Å². The summed E-state index contributed by atoms with van der Waals surface area (Å²) in [5.74, 6) is 0.354. The molecule has 1 N–H and O–H groups in total. The Bertz CT molecular complexity index is 196. The van der Waals surface area contributed by atoms with Gasteiger partial charge in [-0.25, -0.2) is 0 Å². The number of Topliss-reactive ketones (excluding diaryl/α,β-unsaturated/α-hetero) is 1. The Morgan fingerprint density at radius 2 is 2.23 bits per heavy atom. The van der Waals surface area contributed by atoms with E-state index in [-0.39, 0.29) is 0 Å². The maximum Gasteiger partial charge on any atom is 0.134 e. The van der Waals surface area contributed by atoms with Crippen LogP contribution in [0.15, 0.2) is 0 Å². The van der Waals surface area contributed by atoms with E-state index >= 15 is 0 Å². The summed E-state index contributed by atoms with van der Waals surface area (Å²) in [6.07, 6.45) is 2.32. The normalized spacial score (nSPS) is 24.4. The van der Waals surface area contributed by atoms with Gasteiger partial charge in [-0.1, -0.05) is 0 Å². The molecule has 0 spiro atoms. The number of carbonyl (C=O) groups is 1. The van der Waals surface area contributed by atoms with E-state index < -0.39 is 5.60 Å². The van der Waals surface area contributed by atoms with Crippen molar-refractivity contribution in [1.29, 1.82) is 0 Å². The van der Waals surface area contributed by atoms with Crippen LogP contribution in [0.4, 0.5) is 0 Å². The van der Waals surface area contributed by atoms with Crippen molar-refractivity contribution < 1.29 is 9.90 Å². The van der Waals surface area contributed by atoms with E-state index in [0.29, 0.717) is 31.2 Å². The monoisotopic (exact) mass is 185 g/mol. The molecule has 76 valence electrons. The van der Waals surface area contributed by atoms with Gasteiger partial charge in [-0.2, -0.15) is 0 Å². The second-order valence-electron chi connectivity index (χ2n) is 4.66. The third kappa shape index (κ3) is 3.44. The highest BCUT2D eigenvalue weighted by Crippen LogP contribution is 2.20. The van der Waals surface area contributed by atoms with Gasteiger partial charge in [0.2, 0.25) is 0 Å². The highest BCUT2D eigenvalue weighted by atomic mass is 16.3. The van der Waals surface area contributed by atoms with Crippen LogP contribution >= 0.6 is 0 Å². The summed E-state index contributed by atoms with van der Waals surface area (Å²) in [6.45, 7) is 4.21. The van der Waals surface area contributed by atoms with Gasteiger partial charge in [-0.15, -0.1) is 0 Å². The van der Waals surface area contributed by atoms with Crippen LogP contribution in [0.1, 0.15) is 33.1 Å². The predicted octanol–water partition coefficient (Wildman–Crippen LogP) is 0.811. The molecule has 3 heteroatoms. The molecule has 1 atom stereocenters. The lowest BCUT2D eigenvalue weighted by Crippen LogP contribution is -2.41. The van der Waals surface area contributed by atoms with Crippen molar-refractivity contribution in [2.24, 2.45) is 0 Å². The minimum Gasteiger partial charge on any atom is -0.389 e. The molecule has 0 bridgehead atoms. The molecule has 13 heavy (non-hydrogen) atoms. The molecule has 1 rings (SSSR count). The Morgan fingerprint density at radius 1 is 1.62 bits per heavy atom. The summed E-state index contributed by atoms with van der Waals surface area (Å²) in [7, 11) is 1.97. The van der Waals surface area contributed by atoms with Crippen LogP contribution in [0.3, 0.4) is 0 Å². The lowest BCUT2D eigenvalue weighted by molar-refractivity contribution is -0.117. The van der Waals surface area contributed by atoms with Crippen molar-refractivity contribution in [3.05, 3.63) is 0 Å². The summed E-state index contributed by atoms with van der Waals surface area (Å²) in [4.78, 5) is 13.1. The van der Waals surface area contributed by atoms with E-state index in [1.54, 1.807) is 13.8 Å². The first-order valence-electron chi connectivity index (χ1n) is 4.83. The highest BCUT2D eigenvalue weighted by molar-refractivity contribution is 5.81. The number of nitrogens with zero attached hydrogens (tertiary/aromatic N) is 1. The molecular weight excluding hydrogens is 166 g/mol. The number of rotatable bonds is 3. The molecule has 0 aliphatic heterocycles. The average Bonchev–Trinajstić information content (AvgIpc) is 2.31. The van der Waals surface area contributed by atoms with Gasteiger partial charge in [0, 0.05) is 25.4 Å². The van der Waals surface area contributed by atoms with Crippen molar-refractivity contribution in [3.63, 3.8) is 0 Å². The fourth-order valence-electron chi connectivity index (χ4n) is 1.91. The lowest BCUT2D eigenvalue weighted by Gasteiger charge is -2.29. The molecule has 1 aliphatic rings. The van der Waals surface area contributed by atoms with Gasteiger partial charge in [-0.05, 0) is 27.3 Å². The smallest absolute Gasteiger partial charge is 0.134 e. The van der Waals surface area contributed by atoms with Gasteiger partial charge in [0.1, 0.15) is 5.78 Å². The molecule has 1 saturated carbocycles. The van der Waals surface area contributed by atoms with E-state index in [2.05, 4.69) is 4.90 Å². The zero-order chi connectivity index (χ0) is 10.1. The Hall–Kier alpha value is -0.410. The van der Waals surface area contributed by atoms with E-state index in [1.165, 1.54) is 0 Å². The lowest BCUT2D eigenvalue weighted by atomic mass is 10.1. The fourth-order valence-corrected chi connectivity index (χ4v) is 1.91. The second-order valence-corrected chi connectivity index (χ2v) is 4.66. The summed E-state index contributed by atoms with van der Waals surface area (Å²) in [5.41, 5.74) is -0.666. The van der Waals surface area contributed by atoms with Gasteiger partial charge >= 0.3 is 0 Å². The van der Waals surface area contributed by atoms with Crippen LogP contribution in [-0.2, 0) is 4.79 Å². The van der Waals surface area contributed by atoms with Crippen molar-refractivity contribution in [2.45, 2.75) is 44.8 Å². The van der Waals surface area contributed by atoms with E-state index in [9.17, 15) is 9.90 Å². The molecule has 1 fully saturated rings. The standard InChI is InChI=1S/C10H19NO2/c1-10(2,13)7-11(3)8-4-5-9(12)6-8/h8,13H,4-7H2,1-3H3. The topological polar surface area (TPSA) is 40.5 Å². The van der Waals surface area contributed by atoms with Crippen LogP contribution in [-0.4, -0.2) is 41.0 Å². The molecule has 0 radical (unpaired) electrons. The Morgan fingerprint density at radius 3 is 2.62 bits per heavy atom. The largest absolute Gasteiger partial charge is 0.389 e. The summed E-state index contributed by atoms with van der Waals surface area (Å²) < 4.78 is 0. The van der Waals surface area contributed by atoms with Crippen molar-refractivity contribution in [1.82, 2.24) is 4.90 Å². The quantitative estimate of drug-likeness (QED) is 0.707. The SMILES string of the molecule is CN(CC(C)(C)O)C1CCC(=O)C1. The second kappa shape index (κ2) is 3.76. The third-order valence-electron chi connectivity index (χ3n) is 2.48. The number of hydrogen-bond acceptors (Lipinski definition) is 3. The van der Waals surface area contributed by atoms with Crippen molar-refractivity contribution in [3.8, 4) is 0 Å². The number of ketones is 1. The first kappa shape index (κ1) is 10.7. The number of aliphatic hydroxyl groups is 1. The van der Waals surface area contributed by atoms with Crippen LogP contribution in [0, 0.1) is 0 Å². The minimum absolute atomic E-state index is 0.346. The fraction of sp³-hybridized carbons (Fsp3) is 0.900. The molecule has 3 nitrogen and oxygen atoms in total. The van der Waals surface area contributed by atoms with E-state index in [0.717, 1.165) is 6.42 Å². The molecular formula is C10H19NO2. The van der Waals surface area contributed by atoms with E-state index in [1.807, 2.05) is 7.05 Å². The van der Waals surface area contributed by atoms with Gasteiger partial charge in [0.25, 0.3) is 0 Å². The van der Waals surface area contributed by atoms with Gasteiger partial charge < -0.3 is 10.0 Å². The third-order valence-corrected chi connectivity index (χ3v) is 2.48. The Balaban J connectivity index is 2.40. The molecule has 0 heterocycles. The first-order chi connectivity index (χ1) is 5.88. The van der Waals surface area contributed by atoms with Crippen LogP contribution < -0.4 is 0 Å². The maximum absolute atomic E-state index is 11.0. The molecule has 0 aromatic carbocycles. The summed E-state index contributed by atoms with van der Waals surface area (Å²) >= 11 is 0. The van der Waals surface area contributed by atoms with Gasteiger partial charge in [0.05, 0.1) is 5.60 Å². The Kier molecular flexibility index (Phi) is 3.09. The Labute approximate surface area is 79.7 Å². The van der Waals surface area contributed by atoms with Crippen molar-refractivity contribution >= 4 is 5.78 Å². The molecule has 1 unspecified atom stereocenters. The average molecular weight is 185 g/mol. The van der Waals surface area contributed by atoms with Crippen LogP contribution in [0.25, 0.3) is 0 Å². The summed E-state index contributed by atoms with van der Waals surface area (Å²) in [6, 6.07) is 0.346. The molecule has 0 aromatic heterocycles. The highest BCUT2D eigenvalue weighted by Gasteiger charge is 2.28. The molecule has 0 amide bonds. The molecule has 1 aliphatic carbocycles. The number of carbonyl (C=O) groups excluding carboxylic acids is 1. The zero-order valence-electron chi connectivity index (χ0n) is 8.71. The van der Waals surface area contributed by atoms with Gasteiger partial charge in [-0.3, -0.25) is 4.79 Å². The number of hydrogen-bond donors (Lipinski definition) is 1. The number of likely N-dealkylation sites (N-methyl/N-ethyl adjacent to an activating group) is 1.